The predicted octanol–water partition coefficient (Wildman–Crippen LogP) is 1.80. The Morgan fingerprint density at radius 2 is 1.67 bits per heavy atom. The van der Waals surface area contributed by atoms with Crippen molar-refractivity contribution < 1.29 is 23.9 Å². The number of nitrogens with one attached hydrogen (secondary N) is 2. The number of rotatable bonds is 4. The van der Waals surface area contributed by atoms with Gasteiger partial charge in [-0.05, 0) is 23.8 Å². The minimum absolute atomic E-state index is 0.385. The molecule has 2 N–H and O–H groups in total. The van der Waals surface area contributed by atoms with E-state index in [1.807, 2.05) is 6.07 Å². The first kappa shape index (κ1) is 18.2. The van der Waals surface area contributed by atoms with Crippen LogP contribution in [0.25, 0.3) is 0 Å². The number of likely N-dealkylation sites (N-methyl/N-ethyl adjacent to an activating group) is 1. The molecule has 0 fully saturated rings. The Morgan fingerprint density at radius 3 is 2.30 bits per heavy atom. The van der Waals surface area contributed by atoms with Crippen LogP contribution in [0, 0.1) is 0 Å². The van der Waals surface area contributed by atoms with Gasteiger partial charge in [0.2, 0.25) is 0 Å². The molecule has 2 aromatic carbocycles. The lowest BCUT2D eigenvalue weighted by Gasteiger charge is -2.26. The lowest BCUT2D eigenvalue weighted by atomic mass is 9.75. The van der Waals surface area contributed by atoms with E-state index in [1.54, 1.807) is 49.5 Å². The van der Waals surface area contributed by atoms with Gasteiger partial charge < -0.3 is 14.4 Å². The largest absolute Gasteiger partial charge is 0.468 e. The van der Waals surface area contributed by atoms with Gasteiger partial charge in [-0.15, -0.1) is 0 Å². The number of fused-ring (bicyclic) bond motifs is 1. The third-order valence-corrected chi connectivity index (χ3v) is 4.60. The summed E-state index contributed by atoms with van der Waals surface area (Å²) < 4.78 is 9.50. The molecule has 1 aliphatic heterocycles. The number of hydrogen-bond donors (Lipinski definition) is 2. The van der Waals surface area contributed by atoms with Crippen molar-refractivity contribution in [1.82, 2.24) is 5.43 Å². The molecular weight excluding hydrogens is 350 g/mol. The van der Waals surface area contributed by atoms with Crippen LogP contribution in [0.3, 0.4) is 0 Å². The van der Waals surface area contributed by atoms with E-state index < -0.39 is 17.5 Å². The number of carbonyl (C=O) groups excluding carboxylic acids is 3. The van der Waals surface area contributed by atoms with Crippen LogP contribution in [0.5, 0.6) is 0 Å². The zero-order valence-electron chi connectivity index (χ0n) is 15.1. The number of anilines is 2. The van der Waals surface area contributed by atoms with Crippen LogP contribution >= 0.6 is 0 Å². The van der Waals surface area contributed by atoms with Crippen LogP contribution in [0.4, 0.5) is 16.2 Å². The molecule has 2 aromatic rings. The summed E-state index contributed by atoms with van der Waals surface area (Å²) >= 11 is 0. The fraction of sp³-hybridized carbons (Fsp3) is 0.211. The van der Waals surface area contributed by atoms with Crippen LogP contribution in [0.2, 0.25) is 0 Å². The van der Waals surface area contributed by atoms with Crippen molar-refractivity contribution in [2.24, 2.45) is 0 Å². The molecule has 140 valence electrons. The van der Waals surface area contributed by atoms with Crippen molar-refractivity contribution in [3.8, 4) is 0 Å². The first-order valence-electron chi connectivity index (χ1n) is 8.13. The summed E-state index contributed by atoms with van der Waals surface area (Å²) in [4.78, 5) is 38.6. The smallest absolute Gasteiger partial charge is 0.425 e. The zero-order valence-corrected chi connectivity index (χ0v) is 15.1. The number of nitrogens with zero attached hydrogens (tertiary/aromatic N) is 1. The highest BCUT2D eigenvalue weighted by atomic mass is 16.5. The number of methoxy groups -OCH3 is 2. The first-order valence-corrected chi connectivity index (χ1v) is 8.13. The van der Waals surface area contributed by atoms with Gasteiger partial charge >= 0.3 is 12.1 Å². The molecule has 0 aliphatic carbocycles. The molecule has 1 aliphatic rings. The summed E-state index contributed by atoms with van der Waals surface area (Å²) in [5.74, 6) is -1.04. The quantitative estimate of drug-likeness (QED) is 0.485. The summed E-state index contributed by atoms with van der Waals surface area (Å²) in [6.07, 6.45) is -0.647. The molecule has 0 saturated heterocycles. The highest BCUT2D eigenvalue weighted by Crippen LogP contribution is 2.46. The maximum absolute atomic E-state index is 13.2. The van der Waals surface area contributed by atoms with Gasteiger partial charge in [0.25, 0.3) is 5.91 Å². The number of hydrogen-bond acceptors (Lipinski definition) is 6. The Kier molecular flexibility index (Phi) is 4.72. The van der Waals surface area contributed by atoms with Gasteiger partial charge in [0, 0.05) is 18.3 Å². The van der Waals surface area contributed by atoms with Gasteiger partial charge in [0.05, 0.1) is 19.9 Å². The average molecular weight is 369 g/mol. The number of esters is 1. The number of carbonyl (C=O) groups is 3. The molecule has 0 spiro atoms. The SMILES string of the molecule is COC(=O)NNc1ccc([C@]2(C(=O)OC)C(=O)N(C)c3ccccc32)cc1. The first-order chi connectivity index (χ1) is 13.0. The second-order valence-corrected chi connectivity index (χ2v) is 5.94. The second kappa shape index (κ2) is 6.99. The van der Waals surface area contributed by atoms with E-state index in [0.717, 1.165) is 0 Å². The zero-order chi connectivity index (χ0) is 19.6. The van der Waals surface area contributed by atoms with Crippen LogP contribution < -0.4 is 15.8 Å². The van der Waals surface area contributed by atoms with Gasteiger partial charge in [-0.2, -0.15) is 0 Å². The van der Waals surface area contributed by atoms with Crippen LogP contribution in [0.15, 0.2) is 48.5 Å². The highest BCUT2D eigenvalue weighted by molar-refractivity contribution is 6.22. The maximum atomic E-state index is 13.2. The normalized spacial score (nSPS) is 17.9. The lowest BCUT2D eigenvalue weighted by Crippen LogP contribution is -2.46. The molecule has 8 nitrogen and oxygen atoms in total. The van der Waals surface area contributed by atoms with Crippen LogP contribution in [-0.2, 0) is 24.5 Å². The van der Waals surface area contributed by atoms with Gasteiger partial charge in [0.15, 0.2) is 5.41 Å². The lowest BCUT2D eigenvalue weighted by molar-refractivity contribution is -0.149. The fourth-order valence-corrected chi connectivity index (χ4v) is 3.28. The van der Waals surface area contributed by atoms with E-state index in [2.05, 4.69) is 15.6 Å². The van der Waals surface area contributed by atoms with Crippen molar-refractivity contribution in [2.75, 3.05) is 31.6 Å². The van der Waals surface area contributed by atoms with Crippen LogP contribution in [-0.4, -0.2) is 39.2 Å². The molecular formula is C19H19N3O5. The summed E-state index contributed by atoms with van der Waals surface area (Å²) in [5.41, 5.74) is 5.68. The van der Waals surface area contributed by atoms with Crippen molar-refractivity contribution in [1.29, 1.82) is 0 Å². The molecule has 0 bridgehead atoms. The molecule has 0 radical (unpaired) electrons. The number of para-hydroxylation sites is 1. The topological polar surface area (TPSA) is 97.0 Å². The van der Waals surface area contributed by atoms with E-state index in [0.29, 0.717) is 22.5 Å². The van der Waals surface area contributed by atoms with Crippen molar-refractivity contribution in [3.63, 3.8) is 0 Å². The second-order valence-electron chi connectivity index (χ2n) is 5.94. The third-order valence-electron chi connectivity index (χ3n) is 4.60. The molecule has 2 amide bonds. The Morgan fingerprint density at radius 1 is 1.00 bits per heavy atom. The molecule has 8 heteroatoms. The van der Waals surface area contributed by atoms with Gasteiger partial charge in [-0.25, -0.2) is 10.2 Å². The van der Waals surface area contributed by atoms with Gasteiger partial charge in [-0.1, -0.05) is 30.3 Å². The highest BCUT2D eigenvalue weighted by Gasteiger charge is 2.57. The average Bonchev–Trinajstić information content (AvgIpc) is 2.94. The minimum atomic E-state index is -1.57. The van der Waals surface area contributed by atoms with Crippen molar-refractivity contribution in [2.45, 2.75) is 5.41 Å². The summed E-state index contributed by atoms with van der Waals surface area (Å²) in [5, 5.41) is 0. The Balaban J connectivity index is 2.06. The molecule has 1 heterocycles. The van der Waals surface area contributed by atoms with Gasteiger partial charge in [-0.3, -0.25) is 15.0 Å². The number of hydrazine groups is 1. The molecule has 27 heavy (non-hydrogen) atoms. The van der Waals surface area contributed by atoms with E-state index in [9.17, 15) is 14.4 Å². The maximum Gasteiger partial charge on any atom is 0.425 e. The predicted molar refractivity (Wildman–Crippen MR) is 98.3 cm³/mol. The Labute approximate surface area is 156 Å². The Hall–Kier alpha value is -3.55. The summed E-state index contributed by atoms with van der Waals surface area (Å²) in [7, 11) is 4.14. The molecule has 3 rings (SSSR count). The standard InChI is InChI=1S/C19H19N3O5/c1-22-15-7-5-4-6-14(15)19(16(22)23,17(24)26-2)12-8-10-13(11-9-12)20-21-18(25)27-3/h4-11,20H,1-3H3,(H,21,25)/t19-/m1/s1. The van der Waals surface area contributed by atoms with E-state index in [-0.39, 0.29) is 5.91 Å². The van der Waals surface area contributed by atoms with Crippen molar-refractivity contribution >= 4 is 29.3 Å². The van der Waals surface area contributed by atoms with Gasteiger partial charge in [0.1, 0.15) is 0 Å². The van der Waals surface area contributed by atoms with E-state index in [4.69, 9.17) is 4.74 Å². The molecule has 0 saturated carbocycles. The van der Waals surface area contributed by atoms with Crippen LogP contribution in [0.1, 0.15) is 11.1 Å². The molecule has 1 atom stereocenters. The minimum Gasteiger partial charge on any atom is -0.468 e. The number of ether oxygens (including phenoxy) is 2. The summed E-state index contributed by atoms with van der Waals surface area (Å²) in [6, 6.07) is 13.7. The fourth-order valence-electron chi connectivity index (χ4n) is 3.28. The van der Waals surface area contributed by atoms with E-state index in [1.165, 1.54) is 19.1 Å². The summed E-state index contributed by atoms with van der Waals surface area (Å²) in [6.45, 7) is 0. The monoisotopic (exact) mass is 369 g/mol. The van der Waals surface area contributed by atoms with E-state index >= 15 is 0 Å². The number of benzene rings is 2. The Bertz CT molecular complexity index is 896. The number of amides is 2. The third kappa shape index (κ3) is 2.75. The van der Waals surface area contributed by atoms with Crippen molar-refractivity contribution in [3.05, 3.63) is 59.7 Å². The molecule has 0 unspecified atom stereocenters. The molecule has 0 aromatic heterocycles.